The number of hydrogen-bond donors (Lipinski definition) is 0. The van der Waals surface area contributed by atoms with Crippen LogP contribution >= 0.6 is 0 Å². The minimum atomic E-state index is -0.545. The van der Waals surface area contributed by atoms with Gasteiger partial charge in [-0.1, -0.05) is 30.3 Å². The van der Waals surface area contributed by atoms with Crippen molar-refractivity contribution < 1.29 is 9.53 Å². The Kier molecular flexibility index (Phi) is 2.81. The quantitative estimate of drug-likeness (QED) is 0.650. The van der Waals surface area contributed by atoms with Crippen LogP contribution in [0.5, 0.6) is 0 Å². The highest BCUT2D eigenvalue weighted by Crippen LogP contribution is 2.12. The first kappa shape index (κ1) is 7.95. The Morgan fingerprint density at radius 1 is 1.36 bits per heavy atom. The van der Waals surface area contributed by atoms with Crippen LogP contribution in [-0.4, -0.2) is 13.4 Å². The first-order valence-electron chi connectivity index (χ1n) is 3.34. The van der Waals surface area contributed by atoms with E-state index in [1.54, 1.807) is 6.29 Å². The van der Waals surface area contributed by atoms with Crippen molar-refractivity contribution in [3.63, 3.8) is 0 Å². The number of rotatable bonds is 3. The highest BCUT2D eigenvalue weighted by atomic mass is 16.5. The standard InChI is InChI=1S/C9H9O2/c1-11-9(7-10)8-5-3-2-4-6-8/h2-6,9H,1H3/t9-/m1/s1. The first-order chi connectivity index (χ1) is 5.38. The summed E-state index contributed by atoms with van der Waals surface area (Å²) in [5.41, 5.74) is 0.838. The smallest absolute Gasteiger partial charge is 0.234 e. The van der Waals surface area contributed by atoms with Gasteiger partial charge >= 0.3 is 0 Å². The fourth-order valence-electron chi connectivity index (χ4n) is 0.880. The van der Waals surface area contributed by atoms with Gasteiger partial charge in [0.1, 0.15) is 6.10 Å². The zero-order chi connectivity index (χ0) is 8.10. The lowest BCUT2D eigenvalue weighted by Crippen LogP contribution is -2.01. The zero-order valence-electron chi connectivity index (χ0n) is 6.28. The molecule has 0 aromatic heterocycles. The molecule has 0 spiro atoms. The van der Waals surface area contributed by atoms with Crippen LogP contribution in [0.2, 0.25) is 0 Å². The van der Waals surface area contributed by atoms with Crippen LogP contribution in [0.25, 0.3) is 0 Å². The molecule has 2 nitrogen and oxygen atoms in total. The highest BCUT2D eigenvalue weighted by molar-refractivity contribution is 5.60. The van der Waals surface area contributed by atoms with E-state index in [9.17, 15) is 4.79 Å². The molecule has 0 N–H and O–H groups in total. The van der Waals surface area contributed by atoms with Crippen LogP contribution in [0, 0.1) is 0 Å². The lowest BCUT2D eigenvalue weighted by Gasteiger charge is -2.05. The summed E-state index contributed by atoms with van der Waals surface area (Å²) in [5, 5.41) is 0. The maximum atomic E-state index is 10.3. The molecule has 0 aliphatic carbocycles. The van der Waals surface area contributed by atoms with Crippen LogP contribution in [0.3, 0.4) is 0 Å². The van der Waals surface area contributed by atoms with Crippen LogP contribution in [-0.2, 0) is 9.53 Å². The van der Waals surface area contributed by atoms with Gasteiger partial charge in [-0.15, -0.1) is 0 Å². The van der Waals surface area contributed by atoms with E-state index in [1.165, 1.54) is 7.11 Å². The zero-order valence-corrected chi connectivity index (χ0v) is 6.28. The molecule has 0 aliphatic rings. The third-order valence-corrected chi connectivity index (χ3v) is 1.45. The molecule has 57 valence electrons. The van der Waals surface area contributed by atoms with Crippen LogP contribution < -0.4 is 0 Å². The van der Waals surface area contributed by atoms with Crippen LogP contribution in [0.1, 0.15) is 11.7 Å². The Balaban J connectivity index is 2.82. The fraction of sp³-hybridized carbons (Fsp3) is 0.222. The highest BCUT2D eigenvalue weighted by Gasteiger charge is 2.07. The molecule has 0 aliphatic heterocycles. The van der Waals surface area contributed by atoms with Crippen molar-refractivity contribution in [1.29, 1.82) is 0 Å². The number of carbonyl (C=O) groups excluding carboxylic acids is 1. The third kappa shape index (κ3) is 1.88. The van der Waals surface area contributed by atoms with Crippen molar-refractivity contribution >= 4 is 6.29 Å². The van der Waals surface area contributed by atoms with E-state index in [1.807, 2.05) is 30.3 Å². The van der Waals surface area contributed by atoms with Crippen LogP contribution in [0.4, 0.5) is 0 Å². The lowest BCUT2D eigenvalue weighted by atomic mass is 10.1. The molecule has 0 saturated heterocycles. The first-order valence-corrected chi connectivity index (χ1v) is 3.34. The monoisotopic (exact) mass is 149 g/mol. The average Bonchev–Trinajstić information content (AvgIpc) is 2.09. The number of methoxy groups -OCH3 is 1. The van der Waals surface area contributed by atoms with E-state index in [2.05, 4.69) is 0 Å². The number of hydrogen-bond acceptors (Lipinski definition) is 2. The largest absolute Gasteiger partial charge is 0.368 e. The Morgan fingerprint density at radius 2 is 2.00 bits per heavy atom. The second kappa shape index (κ2) is 3.88. The predicted octanol–water partition coefficient (Wildman–Crippen LogP) is 1.48. The van der Waals surface area contributed by atoms with E-state index in [-0.39, 0.29) is 0 Å². The predicted molar refractivity (Wildman–Crippen MR) is 41.9 cm³/mol. The maximum Gasteiger partial charge on any atom is 0.234 e. The van der Waals surface area contributed by atoms with E-state index < -0.39 is 6.10 Å². The molecule has 11 heavy (non-hydrogen) atoms. The molecule has 0 bridgehead atoms. The molecule has 0 amide bonds. The van der Waals surface area contributed by atoms with E-state index >= 15 is 0 Å². The van der Waals surface area contributed by atoms with Gasteiger partial charge in [0.2, 0.25) is 6.29 Å². The fourth-order valence-corrected chi connectivity index (χ4v) is 0.880. The van der Waals surface area contributed by atoms with E-state index in [4.69, 9.17) is 4.74 Å². The Labute approximate surface area is 65.8 Å². The van der Waals surface area contributed by atoms with Gasteiger partial charge in [0, 0.05) is 7.11 Å². The summed E-state index contributed by atoms with van der Waals surface area (Å²) < 4.78 is 4.86. The maximum absolute atomic E-state index is 10.3. The summed E-state index contributed by atoms with van der Waals surface area (Å²) in [6, 6.07) is 9.27. The Morgan fingerprint density at radius 3 is 2.45 bits per heavy atom. The number of benzene rings is 1. The van der Waals surface area contributed by atoms with Crippen molar-refractivity contribution in [1.82, 2.24) is 0 Å². The van der Waals surface area contributed by atoms with Crippen molar-refractivity contribution in [2.75, 3.05) is 7.11 Å². The minimum Gasteiger partial charge on any atom is -0.368 e. The normalized spacial score (nSPS) is 12.5. The van der Waals surface area contributed by atoms with Crippen molar-refractivity contribution in [2.24, 2.45) is 0 Å². The molecule has 1 aromatic carbocycles. The molecule has 1 aromatic rings. The summed E-state index contributed by atoms with van der Waals surface area (Å²) in [6.07, 6.45) is 1.25. The van der Waals surface area contributed by atoms with Crippen molar-refractivity contribution in [3.8, 4) is 0 Å². The van der Waals surface area contributed by atoms with Gasteiger partial charge in [-0.25, -0.2) is 0 Å². The molecule has 1 radical (unpaired) electrons. The number of ether oxygens (including phenoxy) is 1. The van der Waals surface area contributed by atoms with Gasteiger partial charge in [-0.05, 0) is 5.56 Å². The molecular weight excluding hydrogens is 140 g/mol. The van der Waals surface area contributed by atoms with Gasteiger partial charge < -0.3 is 4.74 Å². The van der Waals surface area contributed by atoms with Crippen molar-refractivity contribution in [2.45, 2.75) is 6.10 Å². The van der Waals surface area contributed by atoms with E-state index in [0.717, 1.165) is 5.56 Å². The average molecular weight is 149 g/mol. The summed E-state index contributed by atoms with van der Waals surface area (Å²) in [5.74, 6) is 0. The molecule has 1 rings (SSSR count). The second-order valence-electron chi connectivity index (χ2n) is 2.14. The summed E-state index contributed by atoms with van der Waals surface area (Å²) in [7, 11) is 1.49. The molecule has 0 saturated carbocycles. The molecule has 0 fully saturated rings. The molecular formula is C9H9O2. The molecule has 0 unspecified atom stereocenters. The summed E-state index contributed by atoms with van der Waals surface area (Å²) in [6.45, 7) is 0. The third-order valence-electron chi connectivity index (χ3n) is 1.45. The SMILES string of the molecule is CO[C@H]([C]=O)c1ccccc1. The minimum absolute atomic E-state index is 0.545. The lowest BCUT2D eigenvalue weighted by molar-refractivity contribution is 0.154. The molecule has 0 heterocycles. The van der Waals surface area contributed by atoms with Crippen molar-refractivity contribution in [3.05, 3.63) is 35.9 Å². The summed E-state index contributed by atoms with van der Waals surface area (Å²) in [4.78, 5) is 10.3. The van der Waals surface area contributed by atoms with Gasteiger partial charge in [-0.2, -0.15) is 0 Å². The summed E-state index contributed by atoms with van der Waals surface area (Å²) >= 11 is 0. The van der Waals surface area contributed by atoms with Gasteiger partial charge in [0.25, 0.3) is 0 Å². The Hall–Kier alpha value is -1.15. The van der Waals surface area contributed by atoms with Gasteiger partial charge in [0.05, 0.1) is 0 Å². The molecule has 1 atom stereocenters. The Bertz CT molecular complexity index is 218. The second-order valence-corrected chi connectivity index (χ2v) is 2.14. The molecule has 2 heteroatoms. The topological polar surface area (TPSA) is 26.3 Å². The van der Waals surface area contributed by atoms with Gasteiger partial charge in [0.15, 0.2) is 0 Å². The van der Waals surface area contributed by atoms with E-state index in [0.29, 0.717) is 0 Å². The van der Waals surface area contributed by atoms with Crippen LogP contribution in [0.15, 0.2) is 30.3 Å². The van der Waals surface area contributed by atoms with Gasteiger partial charge in [-0.3, -0.25) is 4.79 Å².